The van der Waals surface area contributed by atoms with Crippen LogP contribution in [0.5, 0.6) is 0 Å². The van der Waals surface area contributed by atoms with E-state index in [4.69, 9.17) is 0 Å². The van der Waals surface area contributed by atoms with Crippen LogP contribution in [-0.2, 0) is 5.60 Å². The van der Waals surface area contributed by atoms with E-state index in [0.29, 0.717) is 0 Å². The average molecular weight is 340 g/mol. The molecule has 1 heterocycles. The molecule has 0 aromatic carbocycles. The average Bonchev–Trinajstić information content (AvgIpc) is 2.47. The normalized spacial score (nSPS) is 21.1. The topological polar surface area (TPSA) is 20.2 Å². The van der Waals surface area contributed by atoms with Gasteiger partial charge < -0.3 is 5.11 Å². The van der Waals surface area contributed by atoms with E-state index in [2.05, 4.69) is 31.9 Å². The van der Waals surface area contributed by atoms with Gasteiger partial charge in [-0.05, 0) is 50.8 Å². The van der Waals surface area contributed by atoms with E-state index < -0.39 is 5.60 Å². The Kier molecular flexibility index (Phi) is 3.37. The Bertz CT molecular complexity index is 329. The zero-order valence-electron chi connectivity index (χ0n) is 7.72. The molecule has 1 aromatic heterocycles. The van der Waals surface area contributed by atoms with Gasteiger partial charge in [0.1, 0.15) is 0 Å². The van der Waals surface area contributed by atoms with Crippen LogP contribution in [0.3, 0.4) is 0 Å². The summed E-state index contributed by atoms with van der Waals surface area (Å²) in [5.41, 5.74) is 0.480. The van der Waals surface area contributed by atoms with Crippen molar-refractivity contribution in [3.63, 3.8) is 0 Å². The lowest BCUT2D eigenvalue weighted by Gasteiger charge is -2.31. The summed E-state index contributed by atoms with van der Waals surface area (Å²) in [6.07, 6.45) is 5.32. The molecule has 4 heteroatoms. The number of hydrogen-bond acceptors (Lipinski definition) is 2. The van der Waals surface area contributed by atoms with Crippen molar-refractivity contribution in [1.29, 1.82) is 0 Å². The van der Waals surface area contributed by atoms with Crippen LogP contribution in [0.15, 0.2) is 13.6 Å². The maximum absolute atomic E-state index is 10.5. The van der Waals surface area contributed by atoms with E-state index in [1.807, 2.05) is 6.07 Å². The molecule has 0 aliphatic heterocycles. The van der Waals surface area contributed by atoms with Gasteiger partial charge in [-0.15, -0.1) is 11.3 Å². The lowest BCUT2D eigenvalue weighted by Crippen LogP contribution is -2.28. The molecule has 0 unspecified atom stereocenters. The molecule has 0 atom stereocenters. The van der Waals surface area contributed by atoms with Gasteiger partial charge in [-0.2, -0.15) is 0 Å². The molecule has 1 saturated carbocycles. The molecule has 0 amide bonds. The second-order valence-corrected chi connectivity index (χ2v) is 7.58. The third-order valence-corrected chi connectivity index (χ3v) is 5.18. The molecule has 14 heavy (non-hydrogen) atoms. The van der Waals surface area contributed by atoms with Crippen molar-refractivity contribution in [2.75, 3.05) is 0 Å². The van der Waals surface area contributed by atoms with Crippen molar-refractivity contribution in [1.82, 2.24) is 0 Å². The summed E-state index contributed by atoms with van der Waals surface area (Å²) < 4.78 is 2.15. The SMILES string of the molecule is OC1(c2cc(Br)sc2Br)CCCCC1. The van der Waals surface area contributed by atoms with Crippen molar-refractivity contribution in [3.8, 4) is 0 Å². The molecule has 0 saturated heterocycles. The summed E-state index contributed by atoms with van der Waals surface area (Å²) >= 11 is 8.60. The summed E-state index contributed by atoms with van der Waals surface area (Å²) in [6, 6.07) is 2.04. The smallest absolute Gasteiger partial charge is 0.0916 e. The van der Waals surface area contributed by atoms with E-state index in [1.54, 1.807) is 11.3 Å². The molecule has 1 nitrogen and oxygen atoms in total. The van der Waals surface area contributed by atoms with Crippen molar-refractivity contribution >= 4 is 43.2 Å². The minimum atomic E-state index is -0.584. The molecular formula is C10H12Br2OS. The fourth-order valence-electron chi connectivity index (χ4n) is 2.06. The molecule has 78 valence electrons. The van der Waals surface area contributed by atoms with Gasteiger partial charge in [0, 0.05) is 5.56 Å². The summed E-state index contributed by atoms with van der Waals surface area (Å²) in [7, 11) is 0. The Morgan fingerprint density at radius 2 is 1.86 bits per heavy atom. The van der Waals surface area contributed by atoms with Gasteiger partial charge in [-0.25, -0.2) is 0 Å². The summed E-state index contributed by atoms with van der Waals surface area (Å²) in [5, 5.41) is 10.5. The molecule has 1 N–H and O–H groups in total. The maximum Gasteiger partial charge on any atom is 0.0916 e. The fourth-order valence-corrected chi connectivity index (χ4v) is 5.14. The molecule has 2 rings (SSSR count). The zero-order chi connectivity index (χ0) is 10.2. The second-order valence-electron chi connectivity index (χ2n) is 3.83. The Hall–Kier alpha value is 0.620. The van der Waals surface area contributed by atoms with Gasteiger partial charge in [0.2, 0.25) is 0 Å². The molecule has 1 fully saturated rings. The van der Waals surface area contributed by atoms with Crippen molar-refractivity contribution in [3.05, 3.63) is 19.2 Å². The predicted molar refractivity (Wildman–Crippen MR) is 66.7 cm³/mol. The number of hydrogen-bond donors (Lipinski definition) is 1. The van der Waals surface area contributed by atoms with Crippen molar-refractivity contribution in [2.24, 2.45) is 0 Å². The van der Waals surface area contributed by atoms with Gasteiger partial charge in [0.15, 0.2) is 0 Å². The molecule has 0 radical (unpaired) electrons. The molecule has 0 bridgehead atoms. The molecule has 1 aliphatic rings. The van der Waals surface area contributed by atoms with Crippen LogP contribution in [-0.4, -0.2) is 5.11 Å². The van der Waals surface area contributed by atoms with Crippen LogP contribution in [0.25, 0.3) is 0 Å². The number of halogens is 2. The van der Waals surface area contributed by atoms with Crippen LogP contribution in [0.2, 0.25) is 0 Å². The Balaban J connectivity index is 2.32. The van der Waals surface area contributed by atoms with Crippen molar-refractivity contribution in [2.45, 2.75) is 37.7 Å². The first-order chi connectivity index (χ1) is 6.62. The lowest BCUT2D eigenvalue weighted by molar-refractivity contribution is -0.000856. The van der Waals surface area contributed by atoms with E-state index in [1.165, 1.54) is 6.42 Å². The highest BCUT2D eigenvalue weighted by atomic mass is 79.9. The van der Waals surface area contributed by atoms with Gasteiger partial charge in [-0.3, -0.25) is 0 Å². The van der Waals surface area contributed by atoms with E-state index in [0.717, 1.165) is 38.8 Å². The minimum Gasteiger partial charge on any atom is -0.385 e. The number of thiophene rings is 1. The number of aliphatic hydroxyl groups is 1. The van der Waals surface area contributed by atoms with Crippen molar-refractivity contribution < 1.29 is 5.11 Å². The third kappa shape index (κ3) is 2.08. The van der Waals surface area contributed by atoms with Crippen LogP contribution in [0.4, 0.5) is 0 Å². The summed E-state index contributed by atoms with van der Waals surface area (Å²) in [6.45, 7) is 0. The highest BCUT2D eigenvalue weighted by molar-refractivity contribution is 9.12. The third-order valence-electron chi connectivity index (χ3n) is 2.84. The first-order valence-corrected chi connectivity index (χ1v) is 7.20. The van der Waals surface area contributed by atoms with Gasteiger partial charge in [0.05, 0.1) is 13.2 Å². The van der Waals surface area contributed by atoms with E-state index >= 15 is 0 Å². The highest BCUT2D eigenvalue weighted by Gasteiger charge is 2.33. The second kappa shape index (κ2) is 4.24. The number of rotatable bonds is 1. The minimum absolute atomic E-state index is 0.584. The van der Waals surface area contributed by atoms with E-state index in [-0.39, 0.29) is 0 Å². The van der Waals surface area contributed by atoms with Gasteiger partial charge in [-0.1, -0.05) is 19.3 Å². The highest BCUT2D eigenvalue weighted by Crippen LogP contribution is 2.44. The maximum atomic E-state index is 10.5. The predicted octanol–water partition coefficient (Wildman–Crippen LogP) is 4.42. The summed E-state index contributed by atoms with van der Waals surface area (Å²) in [5.74, 6) is 0. The van der Waals surface area contributed by atoms with Crippen LogP contribution in [0, 0.1) is 0 Å². The van der Waals surface area contributed by atoms with Crippen LogP contribution >= 0.6 is 43.2 Å². The van der Waals surface area contributed by atoms with Crippen LogP contribution in [0.1, 0.15) is 37.7 Å². The monoisotopic (exact) mass is 338 g/mol. The quantitative estimate of drug-likeness (QED) is 0.802. The van der Waals surface area contributed by atoms with Crippen LogP contribution < -0.4 is 0 Å². The van der Waals surface area contributed by atoms with Gasteiger partial charge >= 0.3 is 0 Å². The van der Waals surface area contributed by atoms with E-state index in [9.17, 15) is 5.11 Å². The lowest BCUT2D eigenvalue weighted by atomic mass is 9.81. The van der Waals surface area contributed by atoms with Gasteiger partial charge in [0.25, 0.3) is 0 Å². The molecule has 0 spiro atoms. The molecular weight excluding hydrogens is 328 g/mol. The fraction of sp³-hybridized carbons (Fsp3) is 0.600. The largest absolute Gasteiger partial charge is 0.385 e. The zero-order valence-corrected chi connectivity index (χ0v) is 11.7. The standard InChI is InChI=1S/C10H12Br2OS/c11-8-6-7(9(12)14-8)10(13)4-2-1-3-5-10/h6,13H,1-5H2. The Labute approximate surface area is 105 Å². The first kappa shape index (κ1) is 11.1. The first-order valence-electron chi connectivity index (χ1n) is 4.79. The Morgan fingerprint density at radius 1 is 1.21 bits per heavy atom. The molecule has 1 aliphatic carbocycles. The summed E-state index contributed by atoms with van der Waals surface area (Å²) in [4.78, 5) is 0. The molecule has 1 aromatic rings. The Morgan fingerprint density at radius 3 is 2.36 bits per heavy atom.